The third-order valence-electron chi connectivity index (χ3n) is 5.65. The molecule has 0 aliphatic carbocycles. The van der Waals surface area contributed by atoms with Crippen LogP contribution in [-0.4, -0.2) is 48.2 Å². The summed E-state index contributed by atoms with van der Waals surface area (Å²) in [6, 6.07) is 8.35. The van der Waals surface area contributed by atoms with Crippen LogP contribution in [0.3, 0.4) is 0 Å². The van der Waals surface area contributed by atoms with Gasteiger partial charge in [-0.25, -0.2) is 0 Å². The molecular formula is C20H31N3O2. The highest BCUT2D eigenvalue weighted by Crippen LogP contribution is 2.25. The van der Waals surface area contributed by atoms with Gasteiger partial charge in [-0.1, -0.05) is 24.3 Å². The molecule has 2 heterocycles. The van der Waals surface area contributed by atoms with Crippen molar-refractivity contribution in [1.82, 2.24) is 15.5 Å². The lowest BCUT2D eigenvalue weighted by Crippen LogP contribution is -2.48. The van der Waals surface area contributed by atoms with Gasteiger partial charge in [0, 0.05) is 32.7 Å². The number of aliphatic hydroxyl groups excluding tert-OH is 1. The minimum atomic E-state index is -0.295. The van der Waals surface area contributed by atoms with Gasteiger partial charge in [0.15, 0.2) is 0 Å². The van der Waals surface area contributed by atoms with E-state index < -0.39 is 0 Å². The smallest absolute Gasteiger partial charge is 0.227 e. The Morgan fingerprint density at radius 1 is 1.32 bits per heavy atom. The van der Waals surface area contributed by atoms with Gasteiger partial charge in [0.25, 0.3) is 0 Å². The van der Waals surface area contributed by atoms with Gasteiger partial charge in [0.1, 0.15) is 0 Å². The van der Waals surface area contributed by atoms with Crippen LogP contribution in [0, 0.1) is 5.41 Å². The summed E-state index contributed by atoms with van der Waals surface area (Å²) in [6.45, 7) is 7.17. The van der Waals surface area contributed by atoms with Crippen molar-refractivity contribution in [2.75, 3.05) is 26.2 Å². The van der Waals surface area contributed by atoms with E-state index in [0.717, 1.165) is 58.4 Å². The second-order valence-electron chi connectivity index (χ2n) is 7.80. The first-order valence-electron chi connectivity index (χ1n) is 9.53. The van der Waals surface area contributed by atoms with E-state index >= 15 is 0 Å². The molecule has 5 heteroatoms. The van der Waals surface area contributed by atoms with Gasteiger partial charge in [0.05, 0.1) is 11.5 Å². The molecule has 0 bridgehead atoms. The van der Waals surface area contributed by atoms with Gasteiger partial charge in [-0.2, -0.15) is 0 Å². The lowest BCUT2D eigenvalue weighted by atomic mass is 9.82. The number of carbonyl (C=O) groups is 1. The molecule has 1 aromatic rings. The molecule has 2 aliphatic rings. The lowest BCUT2D eigenvalue weighted by molar-refractivity contribution is -0.131. The van der Waals surface area contributed by atoms with Crippen LogP contribution < -0.4 is 10.6 Å². The molecule has 25 heavy (non-hydrogen) atoms. The fourth-order valence-corrected chi connectivity index (χ4v) is 3.84. The van der Waals surface area contributed by atoms with E-state index in [2.05, 4.69) is 40.7 Å². The Bertz CT molecular complexity index is 576. The number of benzene rings is 1. The second-order valence-corrected chi connectivity index (χ2v) is 7.80. The zero-order chi connectivity index (χ0) is 17.7. The van der Waals surface area contributed by atoms with Gasteiger partial charge < -0.3 is 15.7 Å². The maximum Gasteiger partial charge on any atom is 0.227 e. The quantitative estimate of drug-likeness (QED) is 0.759. The zero-order valence-electron chi connectivity index (χ0n) is 15.3. The SMILES string of the molecule is CC1(C(=O)NCc2ccccc2CN2CCC(O)CC2)CCCNC1. The van der Waals surface area contributed by atoms with Crippen molar-refractivity contribution in [3.8, 4) is 0 Å². The Morgan fingerprint density at radius 2 is 2.04 bits per heavy atom. The summed E-state index contributed by atoms with van der Waals surface area (Å²) in [7, 11) is 0. The van der Waals surface area contributed by atoms with Crippen LogP contribution in [-0.2, 0) is 17.9 Å². The number of hydrogen-bond acceptors (Lipinski definition) is 4. The molecular weight excluding hydrogens is 314 g/mol. The molecule has 1 unspecified atom stereocenters. The Balaban J connectivity index is 1.58. The zero-order valence-corrected chi connectivity index (χ0v) is 15.3. The third kappa shape index (κ3) is 4.81. The first-order valence-corrected chi connectivity index (χ1v) is 9.53. The maximum absolute atomic E-state index is 12.6. The number of rotatable bonds is 5. The standard InChI is InChI=1S/C20H31N3O2/c1-20(9-4-10-21-15-20)19(25)22-13-16-5-2-3-6-17(16)14-23-11-7-18(24)8-12-23/h2-3,5-6,18,21,24H,4,7-15H2,1H3,(H,22,25). The summed E-state index contributed by atoms with van der Waals surface area (Å²) in [5.74, 6) is 0.149. The summed E-state index contributed by atoms with van der Waals surface area (Å²) in [6.07, 6.45) is 3.56. The summed E-state index contributed by atoms with van der Waals surface area (Å²) in [4.78, 5) is 15.0. The van der Waals surface area contributed by atoms with E-state index in [1.807, 2.05) is 6.07 Å². The molecule has 0 saturated carbocycles. The maximum atomic E-state index is 12.6. The van der Waals surface area contributed by atoms with Crippen LogP contribution in [0.15, 0.2) is 24.3 Å². The van der Waals surface area contributed by atoms with Crippen molar-refractivity contribution >= 4 is 5.91 Å². The van der Waals surface area contributed by atoms with Gasteiger partial charge in [0.2, 0.25) is 5.91 Å². The Kier molecular flexibility index (Phi) is 6.10. The van der Waals surface area contributed by atoms with Crippen LogP contribution in [0.5, 0.6) is 0 Å². The molecule has 0 radical (unpaired) electrons. The summed E-state index contributed by atoms with van der Waals surface area (Å²) in [5.41, 5.74) is 2.16. The molecule has 0 spiro atoms. The monoisotopic (exact) mass is 345 g/mol. The second kappa shape index (κ2) is 8.30. The van der Waals surface area contributed by atoms with Gasteiger partial charge in [-0.3, -0.25) is 9.69 Å². The molecule has 1 aromatic carbocycles. The van der Waals surface area contributed by atoms with Crippen LogP contribution in [0.4, 0.5) is 0 Å². The van der Waals surface area contributed by atoms with Crippen LogP contribution in [0.1, 0.15) is 43.7 Å². The summed E-state index contributed by atoms with van der Waals surface area (Å²) >= 11 is 0. The number of hydrogen-bond donors (Lipinski definition) is 3. The number of piperidine rings is 2. The molecule has 5 nitrogen and oxygen atoms in total. The van der Waals surface area contributed by atoms with E-state index in [9.17, 15) is 9.90 Å². The van der Waals surface area contributed by atoms with E-state index in [1.54, 1.807) is 0 Å². The predicted octanol–water partition coefficient (Wildman–Crippen LogP) is 1.65. The molecule has 3 N–H and O–H groups in total. The van der Waals surface area contributed by atoms with Gasteiger partial charge in [-0.15, -0.1) is 0 Å². The van der Waals surface area contributed by atoms with Crippen molar-refractivity contribution in [1.29, 1.82) is 0 Å². The Morgan fingerprint density at radius 3 is 2.72 bits per heavy atom. The molecule has 3 rings (SSSR count). The van der Waals surface area contributed by atoms with E-state index in [0.29, 0.717) is 6.54 Å². The third-order valence-corrected chi connectivity index (χ3v) is 5.65. The molecule has 2 saturated heterocycles. The Labute approximate surface area is 150 Å². The number of amides is 1. The lowest BCUT2D eigenvalue weighted by Gasteiger charge is -2.33. The number of likely N-dealkylation sites (tertiary alicyclic amines) is 1. The first-order chi connectivity index (χ1) is 12.1. The first kappa shape index (κ1) is 18.4. The highest BCUT2D eigenvalue weighted by atomic mass is 16.3. The molecule has 2 fully saturated rings. The average Bonchev–Trinajstić information content (AvgIpc) is 2.63. The van der Waals surface area contributed by atoms with Gasteiger partial charge in [-0.05, 0) is 50.3 Å². The van der Waals surface area contributed by atoms with E-state index in [1.165, 1.54) is 11.1 Å². The topological polar surface area (TPSA) is 64.6 Å². The largest absolute Gasteiger partial charge is 0.393 e. The van der Waals surface area contributed by atoms with Crippen molar-refractivity contribution in [2.45, 2.75) is 51.8 Å². The number of nitrogens with one attached hydrogen (secondary N) is 2. The van der Waals surface area contributed by atoms with Gasteiger partial charge >= 0.3 is 0 Å². The molecule has 1 atom stereocenters. The van der Waals surface area contributed by atoms with Crippen LogP contribution in [0.2, 0.25) is 0 Å². The van der Waals surface area contributed by atoms with E-state index in [4.69, 9.17) is 0 Å². The van der Waals surface area contributed by atoms with Crippen molar-refractivity contribution < 1.29 is 9.90 Å². The Hall–Kier alpha value is -1.43. The molecule has 2 aliphatic heterocycles. The summed E-state index contributed by atoms with van der Waals surface area (Å²) in [5, 5.41) is 16.2. The average molecular weight is 345 g/mol. The minimum absolute atomic E-state index is 0.143. The van der Waals surface area contributed by atoms with Crippen molar-refractivity contribution in [3.05, 3.63) is 35.4 Å². The van der Waals surface area contributed by atoms with Crippen molar-refractivity contribution in [3.63, 3.8) is 0 Å². The van der Waals surface area contributed by atoms with Crippen LogP contribution in [0.25, 0.3) is 0 Å². The van der Waals surface area contributed by atoms with Crippen molar-refractivity contribution in [2.24, 2.45) is 5.41 Å². The molecule has 138 valence electrons. The fourth-order valence-electron chi connectivity index (χ4n) is 3.84. The highest BCUT2D eigenvalue weighted by Gasteiger charge is 2.34. The van der Waals surface area contributed by atoms with Crippen LogP contribution >= 0.6 is 0 Å². The number of nitrogens with zero attached hydrogens (tertiary/aromatic N) is 1. The minimum Gasteiger partial charge on any atom is -0.393 e. The number of aliphatic hydroxyl groups is 1. The predicted molar refractivity (Wildman–Crippen MR) is 99.0 cm³/mol. The molecule has 0 aromatic heterocycles. The normalized spacial score (nSPS) is 25.7. The number of carbonyl (C=O) groups excluding carboxylic acids is 1. The highest BCUT2D eigenvalue weighted by molar-refractivity contribution is 5.82. The summed E-state index contributed by atoms with van der Waals surface area (Å²) < 4.78 is 0. The molecule has 1 amide bonds. The fraction of sp³-hybridized carbons (Fsp3) is 0.650. The van der Waals surface area contributed by atoms with E-state index in [-0.39, 0.29) is 17.4 Å².